The lowest BCUT2D eigenvalue weighted by Gasteiger charge is -2.06. The molecule has 0 bridgehead atoms. The van der Waals surface area contributed by atoms with E-state index in [4.69, 9.17) is 0 Å². The van der Waals surface area contributed by atoms with Crippen LogP contribution in [-0.2, 0) is 23.2 Å². The van der Waals surface area contributed by atoms with Gasteiger partial charge in [-0.15, -0.1) is 0 Å². The first kappa shape index (κ1) is 14.7. The summed E-state index contributed by atoms with van der Waals surface area (Å²) in [5, 5.41) is 16.6. The summed E-state index contributed by atoms with van der Waals surface area (Å²) in [7, 11) is 1.79. The molecule has 0 radical (unpaired) electrons. The lowest BCUT2D eigenvalue weighted by molar-refractivity contribution is -0.136. The Morgan fingerprint density at radius 2 is 2.09 bits per heavy atom. The van der Waals surface area contributed by atoms with Gasteiger partial charge in [0.05, 0.1) is 11.4 Å². The van der Waals surface area contributed by atoms with Crippen LogP contribution in [0.15, 0.2) is 29.0 Å². The number of anilines is 1. The van der Waals surface area contributed by atoms with Gasteiger partial charge >= 0.3 is 11.8 Å². The van der Waals surface area contributed by atoms with Gasteiger partial charge in [0.25, 0.3) is 0 Å². The predicted octanol–water partition coefficient (Wildman–Crippen LogP) is 0.520. The van der Waals surface area contributed by atoms with Crippen molar-refractivity contribution in [3.63, 3.8) is 0 Å². The van der Waals surface area contributed by atoms with Gasteiger partial charge < -0.3 is 10.6 Å². The number of hydrogen-bond donors (Lipinski definition) is 2. The van der Waals surface area contributed by atoms with Crippen molar-refractivity contribution >= 4 is 28.5 Å². The fourth-order valence-electron chi connectivity index (χ4n) is 2.16. The molecule has 9 nitrogen and oxygen atoms in total. The highest BCUT2D eigenvalue weighted by Crippen LogP contribution is 2.19. The first-order chi connectivity index (χ1) is 11.0. The van der Waals surface area contributed by atoms with Crippen molar-refractivity contribution in [1.82, 2.24) is 25.4 Å². The van der Waals surface area contributed by atoms with Crippen molar-refractivity contribution in [3.8, 4) is 0 Å². The predicted molar refractivity (Wildman–Crippen MR) is 80.2 cm³/mol. The molecule has 0 saturated carbocycles. The first-order valence-electron chi connectivity index (χ1n) is 6.84. The van der Waals surface area contributed by atoms with Gasteiger partial charge in [0.15, 0.2) is 5.52 Å². The van der Waals surface area contributed by atoms with E-state index in [-0.39, 0.29) is 6.54 Å². The Bertz CT molecular complexity index is 882. The van der Waals surface area contributed by atoms with Gasteiger partial charge in [-0.2, -0.15) is 5.10 Å². The van der Waals surface area contributed by atoms with E-state index in [1.165, 1.54) is 0 Å². The summed E-state index contributed by atoms with van der Waals surface area (Å²) in [6.45, 7) is 2.06. The highest BCUT2D eigenvalue weighted by Gasteiger charge is 2.16. The summed E-state index contributed by atoms with van der Waals surface area (Å²) < 4.78 is 6.26. The van der Waals surface area contributed by atoms with Crippen molar-refractivity contribution < 1.29 is 14.2 Å². The molecule has 2 amide bonds. The monoisotopic (exact) mass is 314 g/mol. The summed E-state index contributed by atoms with van der Waals surface area (Å²) in [6, 6.07) is 4.98. The third kappa shape index (κ3) is 3.03. The molecule has 3 rings (SSSR count). The molecule has 0 saturated heterocycles. The number of aryl methyl sites for hydroxylation is 2. The maximum absolute atomic E-state index is 12.0. The molecule has 0 aliphatic rings. The lowest BCUT2D eigenvalue weighted by atomic mass is 10.2. The molecule has 0 spiro atoms. The molecule has 0 atom stereocenters. The Morgan fingerprint density at radius 1 is 1.26 bits per heavy atom. The number of amides is 2. The van der Waals surface area contributed by atoms with Crippen molar-refractivity contribution in [1.29, 1.82) is 0 Å². The number of fused-ring (bicyclic) bond motifs is 1. The third-order valence-corrected chi connectivity index (χ3v) is 3.29. The highest BCUT2D eigenvalue weighted by atomic mass is 16.6. The minimum Gasteiger partial charge on any atom is -0.344 e. The summed E-state index contributed by atoms with van der Waals surface area (Å²) in [5.41, 5.74) is 2.88. The van der Waals surface area contributed by atoms with Crippen LogP contribution in [-0.4, -0.2) is 31.9 Å². The largest absolute Gasteiger partial charge is 0.344 e. The minimum atomic E-state index is -0.790. The number of hydrogen-bond acceptors (Lipinski definition) is 6. The van der Waals surface area contributed by atoms with Crippen LogP contribution in [0.5, 0.6) is 0 Å². The van der Waals surface area contributed by atoms with Crippen LogP contribution < -0.4 is 10.6 Å². The van der Waals surface area contributed by atoms with E-state index in [1.807, 2.05) is 6.92 Å². The summed E-state index contributed by atoms with van der Waals surface area (Å²) >= 11 is 0. The number of benzene rings is 1. The number of carbonyl (C=O) groups is 2. The highest BCUT2D eigenvalue weighted by molar-refractivity contribution is 6.40. The van der Waals surface area contributed by atoms with E-state index in [0.717, 1.165) is 11.3 Å². The maximum Gasteiger partial charge on any atom is 0.313 e. The molecule has 0 aliphatic carbocycles. The maximum atomic E-state index is 12.0. The minimum absolute atomic E-state index is 0.224. The molecule has 0 fully saturated rings. The van der Waals surface area contributed by atoms with Crippen LogP contribution in [0.4, 0.5) is 5.69 Å². The average Bonchev–Trinajstić information content (AvgIpc) is 3.11. The van der Waals surface area contributed by atoms with Gasteiger partial charge in [-0.1, -0.05) is 6.07 Å². The Labute approximate surface area is 130 Å². The number of carbonyl (C=O) groups excluding carboxylic acids is 2. The average molecular weight is 314 g/mol. The van der Waals surface area contributed by atoms with Crippen LogP contribution in [0.25, 0.3) is 11.0 Å². The smallest absolute Gasteiger partial charge is 0.313 e. The van der Waals surface area contributed by atoms with Crippen molar-refractivity contribution in [2.75, 3.05) is 5.32 Å². The standard InChI is InChI=1S/C14H14N6O3/c1-8-9(7-20(2)17-8)6-15-13(21)14(22)16-10-4-3-5-11-12(10)19-23-18-11/h3-5,7H,6H2,1-2H3,(H,15,21)(H,16,22). The molecular weight excluding hydrogens is 300 g/mol. The Kier molecular flexibility index (Phi) is 3.75. The zero-order valence-electron chi connectivity index (χ0n) is 12.5. The molecule has 118 valence electrons. The molecule has 23 heavy (non-hydrogen) atoms. The van der Waals surface area contributed by atoms with Crippen molar-refractivity contribution in [3.05, 3.63) is 35.7 Å². The second-order valence-corrected chi connectivity index (χ2v) is 4.99. The van der Waals surface area contributed by atoms with Crippen LogP contribution in [0, 0.1) is 6.92 Å². The Morgan fingerprint density at radius 3 is 2.83 bits per heavy atom. The SMILES string of the molecule is Cc1nn(C)cc1CNC(=O)C(=O)Nc1cccc2nonc12. The van der Waals surface area contributed by atoms with E-state index < -0.39 is 11.8 Å². The summed E-state index contributed by atoms with van der Waals surface area (Å²) in [5.74, 6) is -1.54. The van der Waals surface area contributed by atoms with Gasteiger partial charge in [0, 0.05) is 25.4 Å². The molecule has 9 heteroatoms. The molecule has 1 aromatic carbocycles. The summed E-state index contributed by atoms with van der Waals surface area (Å²) in [6.07, 6.45) is 1.79. The van der Waals surface area contributed by atoms with E-state index >= 15 is 0 Å². The van der Waals surface area contributed by atoms with Gasteiger partial charge in [-0.3, -0.25) is 14.3 Å². The van der Waals surface area contributed by atoms with Crippen LogP contribution in [0.3, 0.4) is 0 Å². The van der Waals surface area contributed by atoms with Gasteiger partial charge in [0.2, 0.25) is 0 Å². The normalized spacial score (nSPS) is 10.7. The van der Waals surface area contributed by atoms with Gasteiger partial charge in [-0.25, -0.2) is 4.63 Å². The molecular formula is C14H14N6O3. The molecule has 0 aliphatic heterocycles. The molecule has 2 heterocycles. The molecule has 3 aromatic rings. The Hall–Kier alpha value is -3.23. The molecule has 0 unspecified atom stereocenters. The molecule has 2 N–H and O–H groups in total. The van der Waals surface area contributed by atoms with Crippen LogP contribution in [0.1, 0.15) is 11.3 Å². The van der Waals surface area contributed by atoms with Crippen molar-refractivity contribution in [2.45, 2.75) is 13.5 Å². The molecule has 2 aromatic heterocycles. The van der Waals surface area contributed by atoms with Crippen LogP contribution in [0.2, 0.25) is 0 Å². The zero-order valence-corrected chi connectivity index (χ0v) is 12.5. The quantitative estimate of drug-likeness (QED) is 0.681. The van der Waals surface area contributed by atoms with Crippen molar-refractivity contribution in [2.24, 2.45) is 7.05 Å². The van der Waals surface area contributed by atoms with Crippen LogP contribution >= 0.6 is 0 Å². The lowest BCUT2D eigenvalue weighted by Crippen LogP contribution is -2.35. The van der Waals surface area contributed by atoms with E-state index in [0.29, 0.717) is 16.7 Å². The first-order valence-corrected chi connectivity index (χ1v) is 6.84. The van der Waals surface area contributed by atoms with Gasteiger partial charge in [-0.05, 0) is 29.4 Å². The zero-order chi connectivity index (χ0) is 16.4. The number of aromatic nitrogens is 4. The fourth-order valence-corrected chi connectivity index (χ4v) is 2.16. The van der Waals surface area contributed by atoms with E-state index in [2.05, 4.69) is 30.7 Å². The Balaban J connectivity index is 1.65. The number of rotatable bonds is 3. The fraction of sp³-hybridized carbons (Fsp3) is 0.214. The summed E-state index contributed by atoms with van der Waals surface area (Å²) in [4.78, 5) is 23.9. The number of nitrogens with zero attached hydrogens (tertiary/aromatic N) is 4. The van der Waals surface area contributed by atoms with E-state index in [1.54, 1.807) is 36.1 Å². The third-order valence-electron chi connectivity index (χ3n) is 3.29. The second kappa shape index (κ2) is 5.87. The second-order valence-electron chi connectivity index (χ2n) is 4.99. The van der Waals surface area contributed by atoms with Gasteiger partial charge in [0.1, 0.15) is 5.52 Å². The topological polar surface area (TPSA) is 115 Å². The number of nitrogens with one attached hydrogen (secondary N) is 2. The van der Waals surface area contributed by atoms with E-state index in [9.17, 15) is 9.59 Å².